The average molecular weight is 269 g/mol. The van der Waals surface area contributed by atoms with Gasteiger partial charge in [0.05, 0.1) is 16.3 Å². The first kappa shape index (κ1) is 13.0. The van der Waals surface area contributed by atoms with E-state index in [4.69, 9.17) is 17.3 Å². The van der Waals surface area contributed by atoms with Gasteiger partial charge in [-0.25, -0.2) is 4.79 Å². The Hall–Kier alpha value is -1.42. The molecule has 4 nitrogen and oxygen atoms in total. The monoisotopic (exact) mass is 268 g/mol. The smallest absolute Gasteiger partial charge is 0.337 e. The third-order valence-electron chi connectivity index (χ3n) is 3.50. The van der Waals surface area contributed by atoms with Crippen molar-refractivity contribution in [2.45, 2.75) is 19.8 Å². The molecule has 0 aromatic heterocycles. The Labute approximate surface area is 111 Å². The molecule has 1 unspecified atom stereocenters. The van der Waals surface area contributed by atoms with Crippen LogP contribution in [0, 0.1) is 5.92 Å². The summed E-state index contributed by atoms with van der Waals surface area (Å²) >= 11 is 6.16. The fourth-order valence-corrected chi connectivity index (χ4v) is 2.82. The van der Waals surface area contributed by atoms with Gasteiger partial charge in [0.25, 0.3) is 0 Å². The maximum atomic E-state index is 11.3. The predicted molar refractivity (Wildman–Crippen MR) is 73.4 cm³/mol. The molecule has 18 heavy (non-hydrogen) atoms. The van der Waals surface area contributed by atoms with Crippen molar-refractivity contribution in [3.8, 4) is 0 Å². The lowest BCUT2D eigenvalue weighted by molar-refractivity contribution is 0.0697. The highest BCUT2D eigenvalue weighted by Crippen LogP contribution is 2.36. The average Bonchev–Trinajstić information content (AvgIpc) is 2.76. The molecule has 0 saturated carbocycles. The van der Waals surface area contributed by atoms with Gasteiger partial charge in [-0.2, -0.15) is 0 Å². The molecular formula is C13H17ClN2O2. The van der Waals surface area contributed by atoms with E-state index in [0.717, 1.165) is 25.9 Å². The number of benzene rings is 1. The van der Waals surface area contributed by atoms with Gasteiger partial charge in [-0.1, -0.05) is 24.9 Å². The fourth-order valence-electron chi connectivity index (χ4n) is 2.47. The number of anilines is 2. The van der Waals surface area contributed by atoms with E-state index in [1.165, 1.54) is 6.07 Å². The van der Waals surface area contributed by atoms with E-state index in [1.54, 1.807) is 6.07 Å². The summed E-state index contributed by atoms with van der Waals surface area (Å²) in [6.07, 6.45) is 2.18. The molecule has 1 heterocycles. The highest BCUT2D eigenvalue weighted by Gasteiger charge is 2.26. The number of carboxylic acid groups (broad SMARTS) is 1. The maximum absolute atomic E-state index is 11.3. The molecule has 0 spiro atoms. The standard InChI is InChI=1S/C13H17ClN2O2/c1-2-8-3-4-16(7-8)12-10(13(17)18)5-9(15)6-11(12)14/h5-6,8H,2-4,7,15H2,1H3,(H,17,18). The fraction of sp³-hybridized carbons (Fsp3) is 0.462. The second kappa shape index (κ2) is 5.06. The summed E-state index contributed by atoms with van der Waals surface area (Å²) in [7, 11) is 0. The van der Waals surface area contributed by atoms with Crippen LogP contribution < -0.4 is 10.6 Å². The van der Waals surface area contributed by atoms with Gasteiger partial charge in [-0.15, -0.1) is 0 Å². The molecule has 1 aromatic carbocycles. The van der Waals surface area contributed by atoms with Gasteiger partial charge >= 0.3 is 5.97 Å². The van der Waals surface area contributed by atoms with E-state index in [2.05, 4.69) is 11.8 Å². The normalized spacial score (nSPS) is 19.2. The van der Waals surface area contributed by atoms with Crippen molar-refractivity contribution in [2.24, 2.45) is 5.92 Å². The number of nitrogens with two attached hydrogens (primary N) is 1. The quantitative estimate of drug-likeness (QED) is 0.828. The van der Waals surface area contributed by atoms with Gasteiger partial charge in [0.2, 0.25) is 0 Å². The zero-order chi connectivity index (χ0) is 13.3. The SMILES string of the molecule is CCC1CCN(c2c(Cl)cc(N)cc2C(=O)O)C1. The molecule has 1 aromatic rings. The molecule has 98 valence electrons. The Morgan fingerprint density at radius 3 is 2.89 bits per heavy atom. The minimum Gasteiger partial charge on any atom is -0.478 e. The number of rotatable bonds is 3. The van der Waals surface area contributed by atoms with E-state index in [0.29, 0.717) is 22.3 Å². The summed E-state index contributed by atoms with van der Waals surface area (Å²) in [5.41, 5.74) is 6.83. The number of carboxylic acids is 1. The molecule has 3 N–H and O–H groups in total. The zero-order valence-corrected chi connectivity index (χ0v) is 11.1. The van der Waals surface area contributed by atoms with E-state index in [-0.39, 0.29) is 5.56 Å². The first-order valence-corrected chi connectivity index (χ1v) is 6.48. The van der Waals surface area contributed by atoms with Crippen molar-refractivity contribution in [3.63, 3.8) is 0 Å². The van der Waals surface area contributed by atoms with Crippen molar-refractivity contribution < 1.29 is 9.90 Å². The number of nitrogens with zero attached hydrogens (tertiary/aromatic N) is 1. The van der Waals surface area contributed by atoms with Crippen LogP contribution in [0.1, 0.15) is 30.1 Å². The predicted octanol–water partition coefficient (Wildman–Crippen LogP) is 2.86. The molecule has 0 amide bonds. The van der Waals surface area contributed by atoms with Gasteiger partial charge in [-0.05, 0) is 24.5 Å². The first-order valence-electron chi connectivity index (χ1n) is 6.10. The van der Waals surface area contributed by atoms with Gasteiger partial charge in [0, 0.05) is 18.8 Å². The lowest BCUT2D eigenvalue weighted by Gasteiger charge is -2.22. The van der Waals surface area contributed by atoms with Gasteiger partial charge in [-0.3, -0.25) is 0 Å². The van der Waals surface area contributed by atoms with Gasteiger partial charge < -0.3 is 15.7 Å². The Bertz CT molecular complexity index is 476. The largest absolute Gasteiger partial charge is 0.478 e. The van der Waals surface area contributed by atoms with Crippen LogP contribution in [0.25, 0.3) is 0 Å². The Morgan fingerprint density at radius 1 is 1.61 bits per heavy atom. The van der Waals surface area contributed by atoms with E-state index in [9.17, 15) is 9.90 Å². The topological polar surface area (TPSA) is 66.6 Å². The summed E-state index contributed by atoms with van der Waals surface area (Å²) in [5.74, 6) is -0.376. The Kier molecular flexibility index (Phi) is 3.66. The van der Waals surface area contributed by atoms with Crippen LogP contribution in [-0.2, 0) is 0 Å². The minimum absolute atomic E-state index is 0.191. The highest BCUT2D eigenvalue weighted by molar-refractivity contribution is 6.34. The van der Waals surface area contributed by atoms with Crippen molar-refractivity contribution in [1.82, 2.24) is 0 Å². The number of hydrogen-bond donors (Lipinski definition) is 2. The van der Waals surface area contributed by atoms with Gasteiger partial charge in [0.15, 0.2) is 0 Å². The van der Waals surface area contributed by atoms with Crippen LogP contribution in [-0.4, -0.2) is 24.2 Å². The number of nitrogen functional groups attached to an aromatic ring is 1. The molecule has 1 fully saturated rings. The van der Waals surface area contributed by atoms with Gasteiger partial charge in [0.1, 0.15) is 0 Å². The molecule has 5 heteroatoms. The number of hydrogen-bond acceptors (Lipinski definition) is 3. The Balaban J connectivity index is 2.40. The minimum atomic E-state index is -0.987. The second-order valence-corrected chi connectivity index (χ2v) is 5.12. The zero-order valence-electron chi connectivity index (χ0n) is 10.3. The molecular weight excluding hydrogens is 252 g/mol. The first-order chi connectivity index (χ1) is 8.52. The molecule has 1 atom stereocenters. The van der Waals surface area contributed by atoms with Crippen LogP contribution in [0.15, 0.2) is 12.1 Å². The third kappa shape index (κ3) is 2.38. The van der Waals surface area contributed by atoms with Crippen LogP contribution in [0.3, 0.4) is 0 Å². The molecule has 1 saturated heterocycles. The lowest BCUT2D eigenvalue weighted by Crippen LogP contribution is -2.22. The molecule has 0 bridgehead atoms. The van der Waals surface area contributed by atoms with Crippen LogP contribution in [0.4, 0.5) is 11.4 Å². The van der Waals surface area contributed by atoms with E-state index < -0.39 is 5.97 Å². The van der Waals surface area contributed by atoms with Crippen molar-refractivity contribution in [3.05, 3.63) is 22.7 Å². The third-order valence-corrected chi connectivity index (χ3v) is 3.78. The van der Waals surface area contributed by atoms with Crippen molar-refractivity contribution in [1.29, 1.82) is 0 Å². The number of halogens is 1. The molecule has 1 aliphatic heterocycles. The Morgan fingerprint density at radius 2 is 2.33 bits per heavy atom. The molecule has 2 rings (SSSR count). The maximum Gasteiger partial charge on any atom is 0.337 e. The molecule has 1 aliphatic rings. The number of aromatic carboxylic acids is 1. The van der Waals surface area contributed by atoms with Crippen LogP contribution >= 0.6 is 11.6 Å². The lowest BCUT2D eigenvalue weighted by atomic mass is 10.1. The van der Waals surface area contributed by atoms with Crippen molar-refractivity contribution >= 4 is 28.9 Å². The summed E-state index contributed by atoms with van der Waals surface area (Å²) in [6, 6.07) is 3.09. The van der Waals surface area contributed by atoms with Crippen molar-refractivity contribution in [2.75, 3.05) is 23.7 Å². The molecule has 0 radical (unpaired) electrons. The summed E-state index contributed by atoms with van der Waals surface area (Å²) in [6.45, 7) is 3.86. The van der Waals surface area contributed by atoms with E-state index in [1.807, 2.05) is 0 Å². The van der Waals surface area contributed by atoms with E-state index >= 15 is 0 Å². The summed E-state index contributed by atoms with van der Waals surface area (Å²) in [5, 5.41) is 9.68. The summed E-state index contributed by atoms with van der Waals surface area (Å²) in [4.78, 5) is 13.3. The number of carbonyl (C=O) groups is 1. The van der Waals surface area contributed by atoms with Crippen LogP contribution in [0.5, 0.6) is 0 Å². The second-order valence-electron chi connectivity index (χ2n) is 4.71. The molecule has 0 aliphatic carbocycles. The summed E-state index contributed by atoms with van der Waals surface area (Å²) < 4.78 is 0. The highest BCUT2D eigenvalue weighted by atomic mass is 35.5. The van der Waals surface area contributed by atoms with Crippen LogP contribution in [0.2, 0.25) is 5.02 Å².